The van der Waals surface area contributed by atoms with Gasteiger partial charge in [0.1, 0.15) is 5.82 Å². The standard InChI is InChI=1S/C23H23N7O/c1-2-29(9-10-31)18-3-4-22(27-14-18)28-21-12-17(15-30-8-7-25-23(21)30)16-11-20-19(26-13-16)5-6-24-20/h3-8,11-15,24,31H,2,9-10H2,1H3,(H,27,28). The summed E-state index contributed by atoms with van der Waals surface area (Å²) >= 11 is 0. The molecule has 5 aromatic rings. The minimum absolute atomic E-state index is 0.113. The van der Waals surface area contributed by atoms with Crippen LogP contribution in [0.25, 0.3) is 27.8 Å². The molecule has 0 unspecified atom stereocenters. The number of fused-ring (bicyclic) bond motifs is 2. The molecular weight excluding hydrogens is 390 g/mol. The minimum Gasteiger partial charge on any atom is -0.395 e. The van der Waals surface area contributed by atoms with Gasteiger partial charge in [-0.2, -0.15) is 0 Å². The molecule has 5 aromatic heterocycles. The largest absolute Gasteiger partial charge is 0.395 e. The first-order chi connectivity index (χ1) is 15.2. The molecule has 0 bridgehead atoms. The number of anilines is 3. The summed E-state index contributed by atoms with van der Waals surface area (Å²) in [7, 11) is 0. The summed E-state index contributed by atoms with van der Waals surface area (Å²) in [5.74, 6) is 0.726. The van der Waals surface area contributed by atoms with Gasteiger partial charge < -0.3 is 24.7 Å². The Morgan fingerprint density at radius 1 is 1.10 bits per heavy atom. The average Bonchev–Trinajstić information content (AvgIpc) is 3.47. The number of rotatable bonds is 7. The zero-order valence-corrected chi connectivity index (χ0v) is 17.2. The Labute approximate surface area is 179 Å². The highest BCUT2D eigenvalue weighted by molar-refractivity contribution is 5.83. The lowest BCUT2D eigenvalue weighted by Gasteiger charge is -2.21. The van der Waals surface area contributed by atoms with Crippen molar-refractivity contribution in [3.8, 4) is 11.1 Å². The molecule has 8 heteroatoms. The summed E-state index contributed by atoms with van der Waals surface area (Å²) in [6.07, 6.45) is 11.3. The van der Waals surface area contributed by atoms with Gasteiger partial charge in [0.25, 0.3) is 0 Å². The zero-order valence-electron chi connectivity index (χ0n) is 17.2. The van der Waals surface area contributed by atoms with E-state index in [4.69, 9.17) is 0 Å². The fourth-order valence-electron chi connectivity index (χ4n) is 3.75. The number of nitrogens with zero attached hydrogens (tertiary/aromatic N) is 5. The first kappa shape index (κ1) is 19.1. The Balaban J connectivity index is 1.49. The third kappa shape index (κ3) is 3.69. The third-order valence-electron chi connectivity index (χ3n) is 5.35. The number of H-pyrrole nitrogens is 1. The van der Waals surface area contributed by atoms with Crippen LogP contribution in [0.4, 0.5) is 17.2 Å². The molecule has 31 heavy (non-hydrogen) atoms. The van der Waals surface area contributed by atoms with E-state index in [0.29, 0.717) is 6.54 Å². The molecule has 156 valence electrons. The molecule has 5 heterocycles. The quantitative estimate of drug-likeness (QED) is 0.375. The predicted molar refractivity (Wildman–Crippen MR) is 123 cm³/mol. The number of aliphatic hydroxyl groups excluding tert-OH is 1. The maximum Gasteiger partial charge on any atom is 0.160 e. The van der Waals surface area contributed by atoms with Crippen LogP contribution in [0.5, 0.6) is 0 Å². The second-order valence-corrected chi connectivity index (χ2v) is 7.26. The summed E-state index contributed by atoms with van der Waals surface area (Å²) in [6.45, 7) is 3.56. The number of aliphatic hydroxyl groups is 1. The molecule has 3 N–H and O–H groups in total. The zero-order chi connectivity index (χ0) is 21.2. The van der Waals surface area contributed by atoms with Gasteiger partial charge in [-0.3, -0.25) is 4.98 Å². The van der Waals surface area contributed by atoms with Crippen molar-refractivity contribution >= 4 is 33.9 Å². The van der Waals surface area contributed by atoms with Crippen molar-refractivity contribution in [3.05, 3.63) is 67.5 Å². The van der Waals surface area contributed by atoms with E-state index in [1.54, 1.807) is 6.20 Å². The number of imidazole rings is 1. The number of likely N-dealkylation sites (N-methyl/N-ethyl adjacent to an activating group) is 1. The van der Waals surface area contributed by atoms with E-state index in [1.165, 1.54) is 0 Å². The van der Waals surface area contributed by atoms with Crippen molar-refractivity contribution in [2.24, 2.45) is 0 Å². The molecule has 0 saturated carbocycles. The van der Waals surface area contributed by atoms with Crippen LogP contribution in [-0.2, 0) is 0 Å². The lowest BCUT2D eigenvalue weighted by Crippen LogP contribution is -2.26. The van der Waals surface area contributed by atoms with Crippen molar-refractivity contribution < 1.29 is 5.11 Å². The Bertz CT molecular complexity index is 1320. The van der Waals surface area contributed by atoms with E-state index in [1.807, 2.05) is 53.6 Å². The highest BCUT2D eigenvalue weighted by Crippen LogP contribution is 2.29. The number of hydrogen-bond acceptors (Lipinski definition) is 6. The summed E-state index contributed by atoms with van der Waals surface area (Å²) in [4.78, 5) is 18.9. The Kier molecular flexibility index (Phi) is 4.97. The molecule has 8 nitrogen and oxygen atoms in total. The molecule has 5 rings (SSSR count). The second kappa shape index (κ2) is 8.08. The first-order valence-electron chi connectivity index (χ1n) is 10.2. The van der Waals surface area contributed by atoms with Crippen LogP contribution < -0.4 is 10.2 Å². The van der Waals surface area contributed by atoms with E-state index in [2.05, 4.69) is 49.2 Å². The van der Waals surface area contributed by atoms with Crippen LogP contribution in [0.15, 0.2) is 67.5 Å². The Morgan fingerprint density at radius 3 is 2.84 bits per heavy atom. The lowest BCUT2D eigenvalue weighted by atomic mass is 10.1. The molecule has 0 aliphatic carbocycles. The van der Waals surface area contributed by atoms with Gasteiger partial charge in [-0.15, -0.1) is 0 Å². The van der Waals surface area contributed by atoms with Gasteiger partial charge in [-0.05, 0) is 37.3 Å². The van der Waals surface area contributed by atoms with Crippen molar-refractivity contribution in [1.82, 2.24) is 24.3 Å². The molecule has 0 amide bonds. The molecule has 0 radical (unpaired) electrons. The van der Waals surface area contributed by atoms with E-state index >= 15 is 0 Å². The van der Waals surface area contributed by atoms with Crippen molar-refractivity contribution in [2.45, 2.75) is 6.92 Å². The smallest absolute Gasteiger partial charge is 0.160 e. The monoisotopic (exact) mass is 413 g/mol. The molecule has 0 saturated heterocycles. The second-order valence-electron chi connectivity index (χ2n) is 7.26. The number of nitrogens with one attached hydrogen (secondary N) is 2. The van der Waals surface area contributed by atoms with Gasteiger partial charge in [-0.25, -0.2) is 9.97 Å². The molecule has 0 spiro atoms. The van der Waals surface area contributed by atoms with Crippen LogP contribution in [0.3, 0.4) is 0 Å². The van der Waals surface area contributed by atoms with Crippen LogP contribution >= 0.6 is 0 Å². The molecular formula is C23H23N7O. The van der Waals surface area contributed by atoms with Gasteiger partial charge in [0.2, 0.25) is 0 Å². The van der Waals surface area contributed by atoms with Gasteiger partial charge in [0.15, 0.2) is 5.65 Å². The normalized spacial score (nSPS) is 11.3. The summed E-state index contributed by atoms with van der Waals surface area (Å²) in [5.41, 5.74) is 6.63. The number of aromatic amines is 1. The fraction of sp³-hybridized carbons (Fsp3) is 0.174. The van der Waals surface area contributed by atoms with Crippen LogP contribution in [-0.4, -0.2) is 49.1 Å². The number of pyridine rings is 3. The fourth-order valence-corrected chi connectivity index (χ4v) is 3.75. The molecule has 0 aliphatic rings. The van der Waals surface area contributed by atoms with Crippen LogP contribution in [0.1, 0.15) is 6.92 Å². The molecule has 0 atom stereocenters. The van der Waals surface area contributed by atoms with Gasteiger partial charge in [0, 0.05) is 55.2 Å². The average molecular weight is 413 g/mol. The van der Waals surface area contributed by atoms with E-state index in [0.717, 1.165) is 51.5 Å². The molecule has 0 aromatic carbocycles. The minimum atomic E-state index is 0.113. The van der Waals surface area contributed by atoms with Crippen molar-refractivity contribution in [2.75, 3.05) is 29.9 Å². The molecule has 0 fully saturated rings. The number of hydrogen-bond donors (Lipinski definition) is 3. The highest BCUT2D eigenvalue weighted by Gasteiger charge is 2.10. The van der Waals surface area contributed by atoms with Gasteiger partial charge >= 0.3 is 0 Å². The first-order valence-corrected chi connectivity index (χ1v) is 10.2. The predicted octanol–water partition coefficient (Wildman–Crippen LogP) is 3.83. The summed E-state index contributed by atoms with van der Waals surface area (Å²) in [5, 5.41) is 12.6. The lowest BCUT2D eigenvalue weighted by molar-refractivity contribution is 0.302. The molecule has 0 aliphatic heterocycles. The SMILES string of the molecule is CCN(CCO)c1ccc(Nc2cc(-c3cnc4cc[nH]c4c3)cn3ccnc23)nc1. The maximum atomic E-state index is 9.23. The topological polar surface area (TPSA) is 94.4 Å². The van der Waals surface area contributed by atoms with E-state index < -0.39 is 0 Å². The van der Waals surface area contributed by atoms with E-state index in [9.17, 15) is 5.11 Å². The van der Waals surface area contributed by atoms with Crippen LogP contribution in [0.2, 0.25) is 0 Å². The van der Waals surface area contributed by atoms with Gasteiger partial charge in [-0.1, -0.05) is 0 Å². The van der Waals surface area contributed by atoms with Crippen LogP contribution in [0, 0.1) is 0 Å². The summed E-state index contributed by atoms with van der Waals surface area (Å²) < 4.78 is 1.99. The third-order valence-corrected chi connectivity index (χ3v) is 5.35. The highest BCUT2D eigenvalue weighted by atomic mass is 16.3. The van der Waals surface area contributed by atoms with Gasteiger partial charge in [0.05, 0.1) is 35.2 Å². The number of aromatic nitrogens is 5. The maximum absolute atomic E-state index is 9.23. The van der Waals surface area contributed by atoms with Crippen molar-refractivity contribution in [3.63, 3.8) is 0 Å². The Hall–Kier alpha value is -3.91. The summed E-state index contributed by atoms with van der Waals surface area (Å²) in [6, 6.07) is 10.1. The Morgan fingerprint density at radius 2 is 2.03 bits per heavy atom. The van der Waals surface area contributed by atoms with E-state index in [-0.39, 0.29) is 6.61 Å². The van der Waals surface area contributed by atoms with Crippen molar-refractivity contribution in [1.29, 1.82) is 0 Å².